The van der Waals surface area contributed by atoms with Gasteiger partial charge in [0.05, 0.1) is 5.56 Å². The first-order chi connectivity index (χ1) is 9.19. The molecule has 0 aliphatic heterocycles. The summed E-state index contributed by atoms with van der Waals surface area (Å²) in [5, 5.41) is 8.90. The van der Waals surface area contributed by atoms with Crippen LogP contribution in [0.2, 0.25) is 0 Å². The topological polar surface area (TPSA) is 62.6 Å². The van der Waals surface area contributed by atoms with Gasteiger partial charge in [-0.25, -0.2) is 0 Å². The lowest BCUT2D eigenvalue weighted by Gasteiger charge is -2.17. The van der Waals surface area contributed by atoms with E-state index in [-0.39, 0.29) is 12.5 Å². The van der Waals surface area contributed by atoms with Gasteiger partial charge in [0.2, 0.25) is 0 Å². The molecule has 1 rings (SSSR count). The highest BCUT2D eigenvalue weighted by Gasteiger charge is 2.10. The number of benzene rings is 1. The van der Waals surface area contributed by atoms with E-state index < -0.39 is 0 Å². The van der Waals surface area contributed by atoms with Gasteiger partial charge >= 0.3 is 0 Å². The van der Waals surface area contributed by atoms with Gasteiger partial charge in [0, 0.05) is 27.3 Å². The first kappa shape index (κ1) is 15.0. The molecule has 102 valence electrons. The minimum Gasteiger partial charge on any atom is -0.482 e. The molecule has 0 saturated carbocycles. The molecule has 0 N–H and O–H groups in total. The first-order valence-corrected chi connectivity index (χ1v) is 6.04. The van der Waals surface area contributed by atoms with Gasteiger partial charge in [0.1, 0.15) is 11.8 Å². The van der Waals surface area contributed by atoms with Crippen molar-refractivity contribution in [2.75, 3.05) is 33.9 Å². The molecule has 0 bridgehead atoms. The predicted octanol–water partition coefficient (Wildman–Crippen LogP) is 1.43. The average molecular weight is 262 g/mol. The second-order valence-corrected chi connectivity index (χ2v) is 4.06. The standard InChI is InChI=1S/C14H18N2O3/c1-16(8-5-9-18-2)14(17)11-19-13-7-4-3-6-12(13)10-15/h3-4,6-7H,5,8-9,11H2,1-2H3. The Labute approximate surface area is 113 Å². The number of rotatable bonds is 7. The molecular weight excluding hydrogens is 244 g/mol. The summed E-state index contributed by atoms with van der Waals surface area (Å²) in [7, 11) is 3.35. The molecule has 5 heteroatoms. The highest BCUT2D eigenvalue weighted by Crippen LogP contribution is 2.16. The highest BCUT2D eigenvalue weighted by atomic mass is 16.5. The second-order valence-electron chi connectivity index (χ2n) is 4.06. The molecule has 0 radical (unpaired) electrons. The fourth-order valence-corrected chi connectivity index (χ4v) is 1.51. The van der Waals surface area contributed by atoms with E-state index in [9.17, 15) is 4.79 Å². The van der Waals surface area contributed by atoms with E-state index >= 15 is 0 Å². The molecule has 5 nitrogen and oxygen atoms in total. The molecule has 0 heterocycles. The molecular formula is C14H18N2O3. The molecule has 1 aromatic carbocycles. The van der Waals surface area contributed by atoms with Crippen molar-refractivity contribution in [2.24, 2.45) is 0 Å². The normalized spacial score (nSPS) is 9.74. The lowest BCUT2D eigenvalue weighted by atomic mass is 10.2. The Kier molecular flexibility index (Phi) is 6.41. The van der Waals surface area contributed by atoms with Crippen LogP contribution >= 0.6 is 0 Å². The van der Waals surface area contributed by atoms with Crippen LogP contribution in [0.1, 0.15) is 12.0 Å². The zero-order chi connectivity index (χ0) is 14.1. The maximum atomic E-state index is 11.8. The monoisotopic (exact) mass is 262 g/mol. The van der Waals surface area contributed by atoms with Crippen LogP contribution in [0, 0.1) is 11.3 Å². The number of likely N-dealkylation sites (N-methyl/N-ethyl adjacent to an activating group) is 1. The molecule has 0 saturated heterocycles. The number of nitrogens with zero attached hydrogens (tertiary/aromatic N) is 2. The van der Waals surface area contributed by atoms with Crippen LogP contribution in [0.4, 0.5) is 0 Å². The van der Waals surface area contributed by atoms with Crippen molar-refractivity contribution >= 4 is 5.91 Å². The number of amides is 1. The van der Waals surface area contributed by atoms with Crippen molar-refractivity contribution in [1.82, 2.24) is 4.90 Å². The van der Waals surface area contributed by atoms with Gasteiger partial charge in [-0.2, -0.15) is 5.26 Å². The van der Waals surface area contributed by atoms with Crippen LogP contribution in [0.3, 0.4) is 0 Å². The third kappa shape index (κ3) is 4.98. The SMILES string of the molecule is COCCCN(C)C(=O)COc1ccccc1C#N. The highest BCUT2D eigenvalue weighted by molar-refractivity contribution is 5.77. The third-order valence-electron chi connectivity index (χ3n) is 2.63. The molecule has 1 aromatic rings. The van der Waals surface area contributed by atoms with Crippen LogP contribution in [0.25, 0.3) is 0 Å². The lowest BCUT2D eigenvalue weighted by Crippen LogP contribution is -2.32. The molecule has 0 aliphatic rings. The zero-order valence-electron chi connectivity index (χ0n) is 11.3. The molecule has 0 unspecified atom stereocenters. The first-order valence-electron chi connectivity index (χ1n) is 6.04. The number of hydrogen-bond donors (Lipinski definition) is 0. The van der Waals surface area contributed by atoms with Crippen LogP contribution in [-0.2, 0) is 9.53 Å². The summed E-state index contributed by atoms with van der Waals surface area (Å²) in [6, 6.07) is 8.88. The van der Waals surface area contributed by atoms with Crippen LogP contribution in [0.15, 0.2) is 24.3 Å². The summed E-state index contributed by atoms with van der Waals surface area (Å²) in [4.78, 5) is 13.4. The summed E-state index contributed by atoms with van der Waals surface area (Å²) in [5.41, 5.74) is 0.428. The average Bonchev–Trinajstić information content (AvgIpc) is 2.45. The number of ether oxygens (including phenoxy) is 2. The van der Waals surface area contributed by atoms with E-state index in [0.717, 1.165) is 6.42 Å². The molecule has 0 atom stereocenters. The molecule has 0 fully saturated rings. The van der Waals surface area contributed by atoms with Gasteiger partial charge in [0.15, 0.2) is 6.61 Å². The molecule has 0 spiro atoms. The van der Waals surface area contributed by atoms with E-state index in [0.29, 0.717) is 24.5 Å². The molecule has 1 amide bonds. The predicted molar refractivity (Wildman–Crippen MR) is 70.8 cm³/mol. The maximum absolute atomic E-state index is 11.8. The second kappa shape index (κ2) is 8.11. The number of para-hydroxylation sites is 1. The summed E-state index contributed by atoms with van der Waals surface area (Å²) in [6.07, 6.45) is 0.785. The molecule has 0 aliphatic carbocycles. The van der Waals surface area contributed by atoms with Gasteiger partial charge in [-0.1, -0.05) is 12.1 Å². The fourth-order valence-electron chi connectivity index (χ4n) is 1.51. The summed E-state index contributed by atoms with van der Waals surface area (Å²) >= 11 is 0. The number of carbonyl (C=O) groups excluding carboxylic acids is 1. The Hall–Kier alpha value is -2.06. The van der Waals surface area contributed by atoms with E-state index in [2.05, 4.69) is 0 Å². The summed E-state index contributed by atoms with van der Waals surface area (Å²) in [5.74, 6) is 0.312. The van der Waals surface area contributed by atoms with E-state index in [1.165, 1.54) is 0 Å². The fraction of sp³-hybridized carbons (Fsp3) is 0.429. The molecule has 19 heavy (non-hydrogen) atoms. The zero-order valence-corrected chi connectivity index (χ0v) is 11.3. The van der Waals surface area contributed by atoms with Gasteiger partial charge in [0.25, 0.3) is 5.91 Å². The van der Waals surface area contributed by atoms with E-state index in [1.54, 1.807) is 43.3 Å². The van der Waals surface area contributed by atoms with E-state index in [4.69, 9.17) is 14.7 Å². The number of nitriles is 1. The van der Waals surface area contributed by atoms with Crippen molar-refractivity contribution in [3.8, 4) is 11.8 Å². The van der Waals surface area contributed by atoms with Gasteiger partial charge in [-0.05, 0) is 18.6 Å². The van der Waals surface area contributed by atoms with Gasteiger partial charge in [-0.15, -0.1) is 0 Å². The number of carbonyl (C=O) groups is 1. The van der Waals surface area contributed by atoms with E-state index in [1.807, 2.05) is 6.07 Å². The quantitative estimate of drug-likeness (QED) is 0.697. The number of hydrogen-bond acceptors (Lipinski definition) is 4. The van der Waals surface area contributed by atoms with Crippen LogP contribution in [0.5, 0.6) is 5.75 Å². The van der Waals surface area contributed by atoms with Crippen molar-refractivity contribution < 1.29 is 14.3 Å². The van der Waals surface area contributed by atoms with Gasteiger partial charge < -0.3 is 14.4 Å². The Morgan fingerprint density at radius 1 is 1.42 bits per heavy atom. The lowest BCUT2D eigenvalue weighted by molar-refractivity contribution is -0.132. The Bertz CT molecular complexity index is 454. The smallest absolute Gasteiger partial charge is 0.260 e. The minimum absolute atomic E-state index is 0.0673. The van der Waals surface area contributed by atoms with Crippen molar-refractivity contribution in [1.29, 1.82) is 5.26 Å². The van der Waals surface area contributed by atoms with Crippen LogP contribution < -0.4 is 4.74 Å². The summed E-state index contributed by atoms with van der Waals surface area (Å²) in [6.45, 7) is 1.17. The maximum Gasteiger partial charge on any atom is 0.260 e. The van der Waals surface area contributed by atoms with Crippen molar-refractivity contribution in [2.45, 2.75) is 6.42 Å². The van der Waals surface area contributed by atoms with Crippen LogP contribution in [-0.4, -0.2) is 44.7 Å². The largest absolute Gasteiger partial charge is 0.482 e. The van der Waals surface area contributed by atoms with Crippen molar-refractivity contribution in [3.63, 3.8) is 0 Å². The Morgan fingerprint density at radius 3 is 2.84 bits per heavy atom. The molecule has 0 aromatic heterocycles. The number of methoxy groups -OCH3 is 1. The Morgan fingerprint density at radius 2 is 2.16 bits per heavy atom. The summed E-state index contributed by atoms with van der Waals surface area (Å²) < 4.78 is 10.3. The van der Waals surface area contributed by atoms with Gasteiger partial charge in [-0.3, -0.25) is 4.79 Å². The van der Waals surface area contributed by atoms with Crippen molar-refractivity contribution in [3.05, 3.63) is 29.8 Å². The minimum atomic E-state index is -0.121. The third-order valence-corrected chi connectivity index (χ3v) is 2.63. The Balaban J connectivity index is 2.43.